The zero-order chi connectivity index (χ0) is 12.0. The zero-order valence-corrected chi connectivity index (χ0v) is 11.5. The first-order chi connectivity index (χ1) is 7.71. The fourth-order valence-corrected chi connectivity index (χ4v) is 2.56. The predicted octanol–water partition coefficient (Wildman–Crippen LogP) is 1.40. The fourth-order valence-electron chi connectivity index (χ4n) is 2.56. The van der Waals surface area contributed by atoms with Gasteiger partial charge in [-0.15, -0.1) is 0 Å². The third kappa shape index (κ3) is 4.04. The molecule has 1 N–H and O–H groups in total. The second-order valence-electron chi connectivity index (χ2n) is 4.97. The van der Waals surface area contributed by atoms with Crippen molar-refractivity contribution in [2.24, 2.45) is 0 Å². The van der Waals surface area contributed by atoms with Gasteiger partial charge in [0.1, 0.15) is 0 Å². The summed E-state index contributed by atoms with van der Waals surface area (Å²) >= 11 is 0. The smallest absolute Gasteiger partial charge is 0.0218 e. The van der Waals surface area contributed by atoms with Crippen molar-refractivity contribution in [2.75, 3.05) is 39.8 Å². The van der Waals surface area contributed by atoms with Crippen molar-refractivity contribution in [1.82, 2.24) is 15.1 Å². The lowest BCUT2D eigenvalue weighted by Gasteiger charge is -2.40. The van der Waals surface area contributed by atoms with Crippen molar-refractivity contribution in [3.05, 3.63) is 0 Å². The third-order valence-corrected chi connectivity index (χ3v) is 3.80. The van der Waals surface area contributed by atoms with E-state index in [1.165, 1.54) is 39.0 Å². The van der Waals surface area contributed by atoms with Crippen LogP contribution in [0.3, 0.4) is 0 Å². The van der Waals surface area contributed by atoms with Crippen LogP contribution in [0.2, 0.25) is 0 Å². The van der Waals surface area contributed by atoms with Crippen molar-refractivity contribution < 1.29 is 0 Å². The minimum Gasteiger partial charge on any atom is -0.313 e. The summed E-state index contributed by atoms with van der Waals surface area (Å²) in [5.41, 5.74) is 0. The van der Waals surface area contributed by atoms with Crippen molar-refractivity contribution >= 4 is 0 Å². The van der Waals surface area contributed by atoms with E-state index in [9.17, 15) is 0 Å². The quantitative estimate of drug-likeness (QED) is 0.740. The number of nitrogens with one attached hydrogen (secondary N) is 1. The number of hydrogen-bond donors (Lipinski definition) is 1. The summed E-state index contributed by atoms with van der Waals surface area (Å²) in [6.45, 7) is 12.8. The molecular formula is C13H29N3. The van der Waals surface area contributed by atoms with Crippen molar-refractivity contribution in [3.63, 3.8) is 0 Å². The minimum absolute atomic E-state index is 0.672. The molecule has 0 radical (unpaired) electrons. The zero-order valence-electron chi connectivity index (χ0n) is 11.5. The molecule has 0 aromatic rings. The Morgan fingerprint density at radius 1 is 1.25 bits per heavy atom. The van der Waals surface area contributed by atoms with Gasteiger partial charge in [0.05, 0.1) is 0 Å². The van der Waals surface area contributed by atoms with Gasteiger partial charge in [-0.25, -0.2) is 0 Å². The summed E-state index contributed by atoms with van der Waals surface area (Å²) in [5.74, 6) is 0. The molecule has 2 unspecified atom stereocenters. The van der Waals surface area contributed by atoms with E-state index in [2.05, 4.69) is 42.9 Å². The molecule has 1 saturated heterocycles. The van der Waals surface area contributed by atoms with Crippen LogP contribution in [0.4, 0.5) is 0 Å². The average Bonchev–Trinajstić information content (AvgIpc) is 2.30. The Morgan fingerprint density at radius 3 is 2.56 bits per heavy atom. The summed E-state index contributed by atoms with van der Waals surface area (Å²) in [6.07, 6.45) is 2.50. The average molecular weight is 227 g/mol. The number of likely N-dealkylation sites (N-methyl/N-ethyl adjacent to an activating group) is 2. The van der Waals surface area contributed by atoms with E-state index >= 15 is 0 Å². The van der Waals surface area contributed by atoms with Gasteiger partial charge in [-0.2, -0.15) is 0 Å². The van der Waals surface area contributed by atoms with E-state index in [1.54, 1.807) is 0 Å². The Bertz CT molecular complexity index is 184. The standard InChI is InChI=1S/C13H29N3/c1-5-12(14-7-3)10-16-9-8-15(4)13(6-2)11-16/h12-14H,5-11H2,1-4H3. The summed E-state index contributed by atoms with van der Waals surface area (Å²) in [4.78, 5) is 5.13. The van der Waals surface area contributed by atoms with Gasteiger partial charge >= 0.3 is 0 Å². The highest BCUT2D eigenvalue weighted by Gasteiger charge is 2.23. The Balaban J connectivity index is 2.36. The van der Waals surface area contributed by atoms with Crippen LogP contribution in [0.5, 0.6) is 0 Å². The first kappa shape index (κ1) is 13.9. The molecule has 96 valence electrons. The van der Waals surface area contributed by atoms with Gasteiger partial charge in [0.2, 0.25) is 0 Å². The van der Waals surface area contributed by atoms with Gasteiger partial charge in [0, 0.05) is 38.3 Å². The maximum atomic E-state index is 3.57. The SMILES string of the molecule is CCNC(CC)CN1CCN(C)C(CC)C1. The maximum Gasteiger partial charge on any atom is 0.0218 e. The van der Waals surface area contributed by atoms with Gasteiger partial charge in [-0.1, -0.05) is 20.8 Å². The molecule has 2 atom stereocenters. The Labute approximate surface area is 101 Å². The molecule has 0 bridgehead atoms. The topological polar surface area (TPSA) is 18.5 Å². The number of piperazine rings is 1. The maximum absolute atomic E-state index is 3.57. The summed E-state index contributed by atoms with van der Waals surface area (Å²) in [6, 6.07) is 1.43. The first-order valence-electron chi connectivity index (χ1n) is 6.87. The van der Waals surface area contributed by atoms with Crippen LogP contribution in [-0.2, 0) is 0 Å². The molecule has 1 heterocycles. The van der Waals surface area contributed by atoms with Crippen LogP contribution < -0.4 is 5.32 Å². The molecule has 0 saturated carbocycles. The Hall–Kier alpha value is -0.120. The first-order valence-corrected chi connectivity index (χ1v) is 6.87. The Kier molecular flexibility index (Phi) is 6.32. The van der Waals surface area contributed by atoms with Gasteiger partial charge in [-0.05, 0) is 26.4 Å². The highest BCUT2D eigenvalue weighted by atomic mass is 15.3. The second-order valence-corrected chi connectivity index (χ2v) is 4.97. The fraction of sp³-hybridized carbons (Fsp3) is 1.00. The van der Waals surface area contributed by atoms with Crippen LogP contribution >= 0.6 is 0 Å². The number of rotatable bonds is 6. The minimum atomic E-state index is 0.672. The summed E-state index contributed by atoms with van der Waals surface area (Å²) in [5, 5.41) is 3.57. The van der Waals surface area contributed by atoms with Gasteiger partial charge in [-0.3, -0.25) is 4.90 Å². The normalized spacial score (nSPS) is 25.9. The van der Waals surface area contributed by atoms with Crippen LogP contribution in [0, 0.1) is 0 Å². The molecule has 0 aromatic heterocycles. The van der Waals surface area contributed by atoms with Gasteiger partial charge in [0.15, 0.2) is 0 Å². The van der Waals surface area contributed by atoms with E-state index in [0.29, 0.717) is 6.04 Å². The Morgan fingerprint density at radius 2 is 2.00 bits per heavy atom. The number of nitrogens with zero attached hydrogens (tertiary/aromatic N) is 2. The van der Waals surface area contributed by atoms with E-state index in [-0.39, 0.29) is 0 Å². The number of hydrogen-bond acceptors (Lipinski definition) is 3. The van der Waals surface area contributed by atoms with Crippen LogP contribution in [0.25, 0.3) is 0 Å². The van der Waals surface area contributed by atoms with Crippen LogP contribution in [0.15, 0.2) is 0 Å². The second kappa shape index (κ2) is 7.25. The molecule has 1 fully saturated rings. The largest absolute Gasteiger partial charge is 0.313 e. The molecule has 0 spiro atoms. The molecule has 0 aromatic carbocycles. The van der Waals surface area contributed by atoms with E-state index < -0.39 is 0 Å². The monoisotopic (exact) mass is 227 g/mol. The molecule has 16 heavy (non-hydrogen) atoms. The van der Waals surface area contributed by atoms with Crippen molar-refractivity contribution in [1.29, 1.82) is 0 Å². The van der Waals surface area contributed by atoms with Crippen molar-refractivity contribution in [3.8, 4) is 0 Å². The lowest BCUT2D eigenvalue weighted by Crippen LogP contribution is -2.54. The molecule has 0 amide bonds. The molecule has 3 heteroatoms. The molecule has 0 aliphatic carbocycles. The van der Waals surface area contributed by atoms with Gasteiger partial charge < -0.3 is 10.2 Å². The molecule has 1 aliphatic heterocycles. The van der Waals surface area contributed by atoms with Crippen LogP contribution in [-0.4, -0.2) is 61.7 Å². The summed E-state index contributed by atoms with van der Waals surface area (Å²) < 4.78 is 0. The highest BCUT2D eigenvalue weighted by molar-refractivity contribution is 4.81. The van der Waals surface area contributed by atoms with Crippen LogP contribution in [0.1, 0.15) is 33.6 Å². The molecule has 1 rings (SSSR count). The molecule has 3 nitrogen and oxygen atoms in total. The van der Waals surface area contributed by atoms with E-state index in [1.807, 2.05) is 0 Å². The molecule has 1 aliphatic rings. The summed E-state index contributed by atoms with van der Waals surface area (Å²) in [7, 11) is 2.26. The van der Waals surface area contributed by atoms with Crippen molar-refractivity contribution in [2.45, 2.75) is 45.7 Å². The van der Waals surface area contributed by atoms with Gasteiger partial charge in [0.25, 0.3) is 0 Å². The lowest BCUT2D eigenvalue weighted by molar-refractivity contribution is 0.0856. The molecular weight excluding hydrogens is 198 g/mol. The predicted molar refractivity (Wildman–Crippen MR) is 70.9 cm³/mol. The lowest BCUT2D eigenvalue weighted by atomic mass is 10.1. The highest BCUT2D eigenvalue weighted by Crippen LogP contribution is 2.11. The van der Waals surface area contributed by atoms with E-state index in [0.717, 1.165) is 12.6 Å². The van der Waals surface area contributed by atoms with E-state index in [4.69, 9.17) is 0 Å². The third-order valence-electron chi connectivity index (χ3n) is 3.80.